The van der Waals surface area contributed by atoms with Crippen molar-refractivity contribution in [3.8, 4) is 0 Å². The average molecular weight is 321 g/mol. The number of carbonyl (C=O) groups excluding carboxylic acids is 2. The van der Waals surface area contributed by atoms with E-state index in [4.69, 9.17) is 4.74 Å². The fourth-order valence-corrected chi connectivity index (χ4v) is 2.58. The first-order valence-electron chi connectivity index (χ1n) is 7.27. The van der Waals surface area contributed by atoms with E-state index in [9.17, 15) is 19.5 Å². The Bertz CT molecular complexity index is 577. The predicted molar refractivity (Wildman–Crippen MR) is 79.5 cm³/mol. The molecule has 1 aliphatic rings. The molecular formula is C16H19NO6. The smallest absolute Gasteiger partial charge is 0.410 e. The number of methoxy groups -OCH3 is 1. The van der Waals surface area contributed by atoms with Gasteiger partial charge < -0.3 is 19.5 Å². The molecule has 0 unspecified atom stereocenters. The number of piperidine rings is 1. The fourth-order valence-electron chi connectivity index (χ4n) is 2.58. The van der Waals surface area contributed by atoms with Gasteiger partial charge in [0.15, 0.2) is 5.41 Å². The van der Waals surface area contributed by atoms with Gasteiger partial charge in [0.25, 0.3) is 0 Å². The molecule has 0 radical (unpaired) electrons. The van der Waals surface area contributed by atoms with Crippen LogP contribution in [0.2, 0.25) is 0 Å². The van der Waals surface area contributed by atoms with Crippen LogP contribution in [0.25, 0.3) is 0 Å². The van der Waals surface area contributed by atoms with Gasteiger partial charge in [-0.1, -0.05) is 30.3 Å². The van der Waals surface area contributed by atoms with Crippen LogP contribution >= 0.6 is 0 Å². The first kappa shape index (κ1) is 16.8. The van der Waals surface area contributed by atoms with Gasteiger partial charge in [-0.2, -0.15) is 0 Å². The molecule has 0 aliphatic carbocycles. The minimum absolute atomic E-state index is 0.00937. The van der Waals surface area contributed by atoms with E-state index in [1.165, 1.54) is 4.90 Å². The molecule has 0 aromatic heterocycles. The van der Waals surface area contributed by atoms with Crippen LogP contribution in [0.4, 0.5) is 4.79 Å². The van der Waals surface area contributed by atoms with Crippen molar-refractivity contribution < 1.29 is 29.0 Å². The minimum Gasteiger partial charge on any atom is -0.480 e. The van der Waals surface area contributed by atoms with Crippen LogP contribution in [0.15, 0.2) is 30.3 Å². The lowest BCUT2D eigenvalue weighted by molar-refractivity contribution is -0.170. The zero-order valence-corrected chi connectivity index (χ0v) is 12.9. The highest BCUT2D eigenvalue weighted by molar-refractivity contribution is 5.99. The molecule has 1 heterocycles. The maximum atomic E-state index is 12.0. The molecule has 0 saturated carbocycles. The molecule has 0 spiro atoms. The topological polar surface area (TPSA) is 93.1 Å². The number of aliphatic carboxylic acids is 1. The number of carboxylic acid groups (broad SMARTS) is 1. The fraction of sp³-hybridized carbons (Fsp3) is 0.438. The molecule has 1 N–H and O–H groups in total. The van der Waals surface area contributed by atoms with Crippen LogP contribution in [-0.4, -0.2) is 48.2 Å². The number of carbonyl (C=O) groups is 3. The average Bonchev–Trinajstić information content (AvgIpc) is 2.59. The second kappa shape index (κ2) is 7.13. The molecule has 0 atom stereocenters. The van der Waals surface area contributed by atoms with E-state index in [1.54, 1.807) is 0 Å². The summed E-state index contributed by atoms with van der Waals surface area (Å²) >= 11 is 0. The van der Waals surface area contributed by atoms with E-state index in [1.807, 2.05) is 30.3 Å². The van der Waals surface area contributed by atoms with Gasteiger partial charge in [0.1, 0.15) is 6.61 Å². The summed E-state index contributed by atoms with van der Waals surface area (Å²) in [5.41, 5.74) is -0.711. The second-order valence-electron chi connectivity index (χ2n) is 5.41. The van der Waals surface area contributed by atoms with E-state index in [0.29, 0.717) is 0 Å². The van der Waals surface area contributed by atoms with Crippen molar-refractivity contribution in [3.63, 3.8) is 0 Å². The molecule has 1 aromatic rings. The molecule has 1 fully saturated rings. The van der Waals surface area contributed by atoms with Gasteiger partial charge in [-0.15, -0.1) is 0 Å². The molecule has 1 aliphatic heterocycles. The van der Waals surface area contributed by atoms with Crippen molar-refractivity contribution in [2.24, 2.45) is 5.41 Å². The number of ether oxygens (including phenoxy) is 2. The van der Waals surface area contributed by atoms with Crippen LogP contribution in [0, 0.1) is 5.41 Å². The van der Waals surface area contributed by atoms with Crippen molar-refractivity contribution in [2.45, 2.75) is 19.4 Å². The van der Waals surface area contributed by atoms with Crippen molar-refractivity contribution >= 4 is 18.0 Å². The number of likely N-dealkylation sites (tertiary alicyclic amines) is 1. The maximum Gasteiger partial charge on any atom is 0.410 e. The minimum atomic E-state index is -1.58. The third kappa shape index (κ3) is 3.61. The molecule has 2 rings (SSSR count). The Balaban J connectivity index is 1.91. The number of hydrogen-bond acceptors (Lipinski definition) is 5. The van der Waals surface area contributed by atoms with Gasteiger partial charge in [0.2, 0.25) is 0 Å². The zero-order valence-electron chi connectivity index (χ0n) is 12.9. The normalized spacial score (nSPS) is 16.5. The van der Waals surface area contributed by atoms with E-state index in [-0.39, 0.29) is 32.5 Å². The SMILES string of the molecule is COC(=O)C1(C(=O)O)CCN(C(=O)OCc2ccccc2)CC1. The number of carboxylic acids is 1. The van der Waals surface area contributed by atoms with Crippen molar-refractivity contribution in [1.29, 1.82) is 0 Å². The molecule has 1 amide bonds. The van der Waals surface area contributed by atoms with Gasteiger partial charge in [0, 0.05) is 13.1 Å². The number of rotatable bonds is 4. The lowest BCUT2D eigenvalue weighted by atomic mass is 9.78. The highest BCUT2D eigenvalue weighted by atomic mass is 16.6. The van der Waals surface area contributed by atoms with Gasteiger partial charge >= 0.3 is 18.0 Å². The maximum absolute atomic E-state index is 12.0. The van der Waals surface area contributed by atoms with Crippen LogP contribution in [0.5, 0.6) is 0 Å². The van der Waals surface area contributed by atoms with E-state index in [2.05, 4.69) is 4.74 Å². The molecule has 0 bridgehead atoms. The molecule has 1 saturated heterocycles. The number of esters is 1. The molecule has 7 nitrogen and oxygen atoms in total. The molecule has 1 aromatic carbocycles. The van der Waals surface area contributed by atoms with Crippen molar-refractivity contribution in [3.05, 3.63) is 35.9 Å². The largest absolute Gasteiger partial charge is 0.480 e. The summed E-state index contributed by atoms with van der Waals surface area (Å²) in [5, 5.41) is 9.33. The van der Waals surface area contributed by atoms with E-state index >= 15 is 0 Å². The molecule has 7 heteroatoms. The first-order chi connectivity index (χ1) is 11.0. The summed E-state index contributed by atoms with van der Waals surface area (Å²) in [6.45, 7) is 0.418. The number of amides is 1. The Hall–Kier alpha value is -2.57. The van der Waals surface area contributed by atoms with Gasteiger partial charge in [0.05, 0.1) is 7.11 Å². The van der Waals surface area contributed by atoms with Crippen LogP contribution < -0.4 is 0 Å². The first-order valence-corrected chi connectivity index (χ1v) is 7.27. The van der Waals surface area contributed by atoms with Crippen LogP contribution in [-0.2, 0) is 25.7 Å². The highest BCUT2D eigenvalue weighted by Crippen LogP contribution is 2.33. The number of nitrogens with zero attached hydrogens (tertiary/aromatic N) is 1. The van der Waals surface area contributed by atoms with Gasteiger partial charge in [-0.05, 0) is 18.4 Å². The molecule has 23 heavy (non-hydrogen) atoms. The second-order valence-corrected chi connectivity index (χ2v) is 5.41. The van der Waals surface area contributed by atoms with E-state index in [0.717, 1.165) is 12.7 Å². The zero-order chi connectivity index (χ0) is 16.9. The summed E-state index contributed by atoms with van der Waals surface area (Å²) in [4.78, 5) is 36.6. The Kier molecular flexibility index (Phi) is 5.20. The Morgan fingerprint density at radius 3 is 2.30 bits per heavy atom. The van der Waals surface area contributed by atoms with Gasteiger partial charge in [-0.25, -0.2) is 4.79 Å². The number of benzene rings is 1. The third-order valence-corrected chi connectivity index (χ3v) is 4.07. The Morgan fingerprint density at radius 1 is 1.17 bits per heavy atom. The summed E-state index contributed by atoms with van der Waals surface area (Å²) in [5.74, 6) is -2.00. The standard InChI is InChI=1S/C16H19NO6/c1-22-14(20)16(13(18)19)7-9-17(10-8-16)15(21)23-11-12-5-3-2-4-6-12/h2-6H,7-11H2,1H3,(H,18,19). The monoisotopic (exact) mass is 321 g/mol. The molecule has 124 valence electrons. The summed E-state index contributed by atoms with van der Waals surface area (Å²) in [7, 11) is 1.16. The molecular weight excluding hydrogens is 302 g/mol. The summed E-state index contributed by atoms with van der Waals surface area (Å²) in [6.07, 6.45) is -0.497. The van der Waals surface area contributed by atoms with E-state index < -0.39 is 23.4 Å². The quantitative estimate of drug-likeness (QED) is 0.670. The van der Waals surface area contributed by atoms with Crippen LogP contribution in [0.3, 0.4) is 0 Å². The summed E-state index contributed by atoms with van der Waals surface area (Å²) in [6, 6.07) is 9.25. The Morgan fingerprint density at radius 2 is 1.78 bits per heavy atom. The van der Waals surface area contributed by atoms with Crippen LogP contribution in [0.1, 0.15) is 18.4 Å². The lowest BCUT2D eigenvalue weighted by Gasteiger charge is -2.36. The number of hydrogen-bond donors (Lipinski definition) is 1. The highest BCUT2D eigenvalue weighted by Gasteiger charge is 2.50. The van der Waals surface area contributed by atoms with Crippen molar-refractivity contribution in [1.82, 2.24) is 4.90 Å². The van der Waals surface area contributed by atoms with Gasteiger partial charge in [-0.3, -0.25) is 9.59 Å². The summed E-state index contributed by atoms with van der Waals surface area (Å²) < 4.78 is 9.81. The predicted octanol–water partition coefficient (Wildman–Crippen LogP) is 1.66. The Labute approximate surface area is 133 Å². The van der Waals surface area contributed by atoms with Crippen molar-refractivity contribution in [2.75, 3.05) is 20.2 Å². The third-order valence-electron chi connectivity index (χ3n) is 4.07. The lowest BCUT2D eigenvalue weighted by Crippen LogP contribution is -2.51.